The molecule has 0 aromatic heterocycles. The fourth-order valence-electron chi connectivity index (χ4n) is 2.24. The minimum absolute atomic E-state index is 0.00707. The van der Waals surface area contributed by atoms with E-state index >= 15 is 0 Å². The third kappa shape index (κ3) is 2.47. The fourth-order valence-corrected chi connectivity index (χ4v) is 2.40. The number of benzene rings is 2. The van der Waals surface area contributed by atoms with Crippen LogP contribution in [0.4, 0.5) is 15.8 Å². The first kappa shape index (κ1) is 12.9. The zero-order valence-electron chi connectivity index (χ0n) is 10.5. The van der Waals surface area contributed by atoms with E-state index in [-0.39, 0.29) is 10.9 Å². The van der Waals surface area contributed by atoms with Gasteiger partial charge < -0.3 is 10.6 Å². The average molecular weight is 291 g/mol. The number of anilines is 2. The van der Waals surface area contributed by atoms with Gasteiger partial charge >= 0.3 is 0 Å². The van der Waals surface area contributed by atoms with Gasteiger partial charge in [-0.05, 0) is 11.6 Å². The molecule has 2 aromatic rings. The summed E-state index contributed by atoms with van der Waals surface area (Å²) >= 11 is 5.71. The maximum absolute atomic E-state index is 13.5. The SMILES string of the molecule is O=C1Nc2cc(Cl)c(F)cc2NC1Cc1ccccc1. The lowest BCUT2D eigenvalue weighted by Gasteiger charge is -2.27. The van der Waals surface area contributed by atoms with E-state index in [1.165, 1.54) is 12.1 Å². The van der Waals surface area contributed by atoms with Crippen molar-refractivity contribution in [1.82, 2.24) is 0 Å². The molecule has 1 aliphatic rings. The van der Waals surface area contributed by atoms with Crippen LogP contribution in [0, 0.1) is 5.82 Å². The smallest absolute Gasteiger partial charge is 0.247 e. The molecular weight excluding hydrogens is 279 g/mol. The Morgan fingerprint density at radius 3 is 2.65 bits per heavy atom. The highest BCUT2D eigenvalue weighted by atomic mass is 35.5. The molecule has 1 atom stereocenters. The Hall–Kier alpha value is -2.07. The first-order valence-corrected chi connectivity index (χ1v) is 6.61. The summed E-state index contributed by atoms with van der Waals surface area (Å²) in [6.07, 6.45) is 0.538. The number of carbonyl (C=O) groups is 1. The molecule has 102 valence electrons. The van der Waals surface area contributed by atoms with Gasteiger partial charge in [-0.2, -0.15) is 0 Å². The van der Waals surface area contributed by atoms with Gasteiger partial charge in [-0.25, -0.2) is 4.39 Å². The molecule has 2 aromatic carbocycles. The molecule has 0 bridgehead atoms. The predicted molar refractivity (Wildman–Crippen MR) is 77.6 cm³/mol. The Kier molecular flexibility index (Phi) is 3.32. The predicted octanol–water partition coefficient (Wildman–Crippen LogP) is 3.45. The highest BCUT2D eigenvalue weighted by molar-refractivity contribution is 6.31. The van der Waals surface area contributed by atoms with E-state index < -0.39 is 11.9 Å². The fraction of sp³-hybridized carbons (Fsp3) is 0.133. The van der Waals surface area contributed by atoms with E-state index in [2.05, 4.69) is 10.6 Å². The summed E-state index contributed by atoms with van der Waals surface area (Å²) in [7, 11) is 0. The number of fused-ring (bicyclic) bond motifs is 1. The van der Waals surface area contributed by atoms with Crippen LogP contribution in [0.2, 0.25) is 5.02 Å². The maximum Gasteiger partial charge on any atom is 0.247 e. The summed E-state index contributed by atoms with van der Waals surface area (Å²) in [5, 5.41) is 5.79. The van der Waals surface area contributed by atoms with Crippen LogP contribution >= 0.6 is 11.6 Å². The number of halogens is 2. The lowest BCUT2D eigenvalue weighted by molar-refractivity contribution is -0.117. The summed E-state index contributed by atoms with van der Waals surface area (Å²) in [6.45, 7) is 0. The first-order chi connectivity index (χ1) is 9.63. The van der Waals surface area contributed by atoms with Crippen molar-refractivity contribution < 1.29 is 9.18 Å². The second-order valence-corrected chi connectivity index (χ2v) is 5.09. The molecule has 0 saturated carbocycles. The molecule has 0 spiro atoms. The van der Waals surface area contributed by atoms with Gasteiger partial charge in [0, 0.05) is 12.5 Å². The van der Waals surface area contributed by atoms with E-state index in [0.29, 0.717) is 17.8 Å². The van der Waals surface area contributed by atoms with Gasteiger partial charge in [0.15, 0.2) is 0 Å². The Bertz CT molecular complexity index is 660. The normalized spacial score (nSPS) is 17.1. The van der Waals surface area contributed by atoms with Crippen molar-refractivity contribution in [2.75, 3.05) is 10.6 Å². The second kappa shape index (κ2) is 5.13. The van der Waals surface area contributed by atoms with Crippen molar-refractivity contribution in [2.45, 2.75) is 12.5 Å². The quantitative estimate of drug-likeness (QED) is 0.889. The second-order valence-electron chi connectivity index (χ2n) is 4.69. The van der Waals surface area contributed by atoms with Gasteiger partial charge in [0.2, 0.25) is 5.91 Å². The number of hydrogen-bond donors (Lipinski definition) is 2. The maximum atomic E-state index is 13.5. The van der Waals surface area contributed by atoms with Gasteiger partial charge in [0.05, 0.1) is 16.4 Å². The molecule has 3 nitrogen and oxygen atoms in total. The minimum Gasteiger partial charge on any atom is -0.372 e. The van der Waals surface area contributed by atoms with Crippen LogP contribution in [0.15, 0.2) is 42.5 Å². The van der Waals surface area contributed by atoms with Crippen LogP contribution in [0.3, 0.4) is 0 Å². The average Bonchev–Trinajstić information content (AvgIpc) is 2.43. The number of amides is 1. The van der Waals surface area contributed by atoms with E-state index in [4.69, 9.17) is 11.6 Å². The topological polar surface area (TPSA) is 41.1 Å². The number of hydrogen-bond acceptors (Lipinski definition) is 2. The van der Waals surface area contributed by atoms with E-state index in [0.717, 1.165) is 5.56 Å². The molecule has 0 radical (unpaired) electrons. The molecule has 3 rings (SSSR count). The van der Waals surface area contributed by atoms with Crippen molar-refractivity contribution in [3.63, 3.8) is 0 Å². The lowest BCUT2D eigenvalue weighted by atomic mass is 10.0. The van der Waals surface area contributed by atoms with Crippen molar-refractivity contribution in [1.29, 1.82) is 0 Å². The number of carbonyl (C=O) groups excluding carboxylic acids is 1. The highest BCUT2D eigenvalue weighted by Crippen LogP contribution is 2.32. The van der Waals surface area contributed by atoms with Crippen LogP contribution in [0.25, 0.3) is 0 Å². The molecule has 0 aliphatic carbocycles. The van der Waals surface area contributed by atoms with Crippen molar-refractivity contribution in [3.8, 4) is 0 Å². The lowest BCUT2D eigenvalue weighted by Crippen LogP contribution is -2.40. The number of rotatable bonds is 2. The van der Waals surface area contributed by atoms with E-state index in [1.54, 1.807) is 0 Å². The van der Waals surface area contributed by atoms with Crippen LogP contribution in [0.5, 0.6) is 0 Å². The molecule has 5 heteroatoms. The van der Waals surface area contributed by atoms with Crippen LogP contribution in [-0.2, 0) is 11.2 Å². The first-order valence-electron chi connectivity index (χ1n) is 6.24. The highest BCUT2D eigenvalue weighted by Gasteiger charge is 2.26. The van der Waals surface area contributed by atoms with Crippen molar-refractivity contribution in [3.05, 3.63) is 58.9 Å². The molecular formula is C15H12ClFN2O. The van der Waals surface area contributed by atoms with Crippen molar-refractivity contribution in [2.24, 2.45) is 0 Å². The standard InChI is InChI=1S/C15H12ClFN2O/c16-10-7-12-13(8-11(10)17)18-14(15(20)19-12)6-9-4-2-1-3-5-9/h1-5,7-8,14,18H,6H2,(H,19,20). The molecule has 1 amide bonds. The van der Waals surface area contributed by atoms with Gasteiger partial charge in [0.1, 0.15) is 11.9 Å². The number of nitrogens with one attached hydrogen (secondary N) is 2. The largest absolute Gasteiger partial charge is 0.372 e. The van der Waals surface area contributed by atoms with E-state index in [9.17, 15) is 9.18 Å². The minimum atomic E-state index is -0.507. The summed E-state index contributed by atoms with van der Waals surface area (Å²) in [5.74, 6) is -0.656. The summed E-state index contributed by atoms with van der Waals surface area (Å²) in [4.78, 5) is 12.0. The van der Waals surface area contributed by atoms with E-state index in [1.807, 2.05) is 30.3 Å². The van der Waals surface area contributed by atoms with Gasteiger partial charge in [0.25, 0.3) is 0 Å². The Morgan fingerprint density at radius 2 is 1.90 bits per heavy atom. The van der Waals surface area contributed by atoms with Gasteiger partial charge in [-0.3, -0.25) is 4.79 Å². The molecule has 0 fully saturated rings. The van der Waals surface area contributed by atoms with Crippen LogP contribution in [0.1, 0.15) is 5.56 Å². The third-order valence-corrected chi connectivity index (χ3v) is 3.54. The van der Waals surface area contributed by atoms with Gasteiger partial charge in [-0.1, -0.05) is 41.9 Å². The summed E-state index contributed by atoms with van der Waals surface area (Å²) < 4.78 is 13.5. The Morgan fingerprint density at radius 1 is 1.15 bits per heavy atom. The molecule has 2 N–H and O–H groups in total. The summed E-state index contributed by atoms with van der Waals surface area (Å²) in [5.41, 5.74) is 2.09. The van der Waals surface area contributed by atoms with Crippen LogP contribution in [-0.4, -0.2) is 11.9 Å². The zero-order chi connectivity index (χ0) is 14.1. The monoisotopic (exact) mass is 290 g/mol. The molecule has 1 heterocycles. The van der Waals surface area contributed by atoms with Crippen LogP contribution < -0.4 is 10.6 Å². The Labute approximate surface area is 120 Å². The summed E-state index contributed by atoms with van der Waals surface area (Å²) in [6, 6.07) is 12.0. The molecule has 1 aliphatic heterocycles. The molecule has 0 saturated heterocycles. The zero-order valence-corrected chi connectivity index (χ0v) is 11.2. The molecule has 20 heavy (non-hydrogen) atoms. The Balaban J connectivity index is 1.85. The molecule has 1 unspecified atom stereocenters. The van der Waals surface area contributed by atoms with Crippen molar-refractivity contribution >= 4 is 28.9 Å². The van der Waals surface area contributed by atoms with Gasteiger partial charge in [-0.15, -0.1) is 0 Å². The third-order valence-electron chi connectivity index (χ3n) is 3.25.